The number of nitrogens with one attached hydrogen (secondary N) is 2. The van der Waals surface area contributed by atoms with Crippen LogP contribution in [-0.2, 0) is 0 Å². The summed E-state index contributed by atoms with van der Waals surface area (Å²) in [7, 11) is 0. The minimum Gasteiger partial charge on any atom is -0.369 e. The summed E-state index contributed by atoms with van der Waals surface area (Å²) < 4.78 is 1.95. The number of aromatic nitrogens is 2. The highest BCUT2D eigenvalue weighted by molar-refractivity contribution is 6.30. The van der Waals surface area contributed by atoms with Crippen molar-refractivity contribution in [2.45, 2.75) is 12.2 Å². The van der Waals surface area contributed by atoms with Crippen LogP contribution in [0.1, 0.15) is 11.7 Å². The van der Waals surface area contributed by atoms with Gasteiger partial charge in [-0.1, -0.05) is 72.3 Å². The van der Waals surface area contributed by atoms with Crippen LogP contribution in [0, 0.1) is 5.92 Å². The van der Waals surface area contributed by atoms with Crippen LogP contribution in [0.15, 0.2) is 109 Å². The van der Waals surface area contributed by atoms with Gasteiger partial charge in [-0.2, -0.15) is 5.10 Å². The van der Waals surface area contributed by atoms with E-state index in [0.29, 0.717) is 5.92 Å². The number of hydrogen-bond acceptors (Lipinski definition) is 3. The maximum atomic E-state index is 6.15. The highest BCUT2D eigenvalue weighted by Gasteiger charge is 2.37. The molecule has 2 aromatic carbocycles. The Kier molecular flexibility index (Phi) is 4.41. The van der Waals surface area contributed by atoms with Crippen LogP contribution >= 0.6 is 11.6 Å². The van der Waals surface area contributed by atoms with Crippen LogP contribution in [0.25, 0.3) is 16.9 Å². The summed E-state index contributed by atoms with van der Waals surface area (Å²) in [6.07, 6.45) is 15.1. The molecule has 0 spiro atoms. The van der Waals surface area contributed by atoms with Crippen LogP contribution in [0.5, 0.6) is 0 Å². The highest BCUT2D eigenvalue weighted by atomic mass is 35.5. The Bertz CT molecular complexity index is 1250. The van der Waals surface area contributed by atoms with Crippen molar-refractivity contribution in [1.29, 1.82) is 0 Å². The van der Waals surface area contributed by atoms with Gasteiger partial charge in [-0.25, -0.2) is 4.68 Å². The monoisotopic (exact) mass is 424 g/mol. The maximum absolute atomic E-state index is 6.15. The summed E-state index contributed by atoms with van der Waals surface area (Å²) >= 11 is 6.15. The van der Waals surface area contributed by atoms with Crippen molar-refractivity contribution in [3.05, 3.63) is 119 Å². The molecule has 3 atom stereocenters. The standard InChI is InChI=1S/C26H21ClN4/c27-19-14-12-18(13-15-19)25-21(16-31(30-25)20-8-2-1-3-9-20)26-28-22-10-4-6-17-7-5-11-23(29-26)24(17)22/h1-16,22,24,26,28-29H/t22-,24+,26-/m0/s1. The van der Waals surface area contributed by atoms with Gasteiger partial charge in [0.05, 0.1) is 11.4 Å². The molecule has 3 aliphatic rings. The fourth-order valence-corrected chi connectivity index (χ4v) is 4.73. The lowest BCUT2D eigenvalue weighted by molar-refractivity contribution is 0.326. The summed E-state index contributed by atoms with van der Waals surface area (Å²) in [5.41, 5.74) is 6.68. The van der Waals surface area contributed by atoms with Crippen LogP contribution in [-0.4, -0.2) is 15.8 Å². The first-order chi connectivity index (χ1) is 15.3. The average Bonchev–Trinajstić information content (AvgIpc) is 3.26. The molecule has 3 aromatic rings. The first kappa shape index (κ1) is 18.4. The van der Waals surface area contributed by atoms with Crippen LogP contribution in [0.3, 0.4) is 0 Å². The van der Waals surface area contributed by atoms with Gasteiger partial charge in [0.1, 0.15) is 6.17 Å². The number of halogens is 1. The van der Waals surface area contributed by atoms with Gasteiger partial charge >= 0.3 is 0 Å². The number of hydrogen-bond donors (Lipinski definition) is 2. The van der Waals surface area contributed by atoms with Gasteiger partial charge in [0, 0.05) is 40.0 Å². The highest BCUT2D eigenvalue weighted by Crippen LogP contribution is 2.38. The number of allylic oxidation sites excluding steroid dienone is 5. The fourth-order valence-electron chi connectivity index (χ4n) is 4.61. The molecule has 152 valence electrons. The Balaban J connectivity index is 1.45. The minimum absolute atomic E-state index is 0.0638. The molecule has 6 rings (SSSR count). The minimum atomic E-state index is -0.0638. The van der Waals surface area contributed by atoms with Crippen molar-refractivity contribution in [3.8, 4) is 16.9 Å². The predicted molar refractivity (Wildman–Crippen MR) is 125 cm³/mol. The zero-order chi connectivity index (χ0) is 20.8. The molecule has 1 saturated heterocycles. The van der Waals surface area contributed by atoms with Gasteiger partial charge < -0.3 is 5.32 Å². The van der Waals surface area contributed by atoms with E-state index in [9.17, 15) is 0 Å². The summed E-state index contributed by atoms with van der Waals surface area (Å²) in [5, 5.41) is 13.2. The number of para-hydroxylation sites is 1. The van der Waals surface area contributed by atoms with Gasteiger partial charge in [0.25, 0.3) is 0 Å². The molecule has 5 heteroatoms. The Labute approximate surface area is 186 Å². The van der Waals surface area contributed by atoms with E-state index in [0.717, 1.165) is 27.5 Å². The lowest BCUT2D eigenvalue weighted by Crippen LogP contribution is -2.52. The molecule has 0 amide bonds. The summed E-state index contributed by atoms with van der Waals surface area (Å²) in [4.78, 5) is 0. The lowest BCUT2D eigenvalue weighted by atomic mass is 9.79. The summed E-state index contributed by atoms with van der Waals surface area (Å²) in [6.45, 7) is 0. The van der Waals surface area contributed by atoms with E-state index in [4.69, 9.17) is 16.7 Å². The van der Waals surface area contributed by atoms with E-state index in [1.807, 2.05) is 47.1 Å². The molecule has 0 bridgehead atoms. The molecular weight excluding hydrogens is 404 g/mol. The first-order valence-electron chi connectivity index (χ1n) is 10.5. The molecule has 2 N–H and O–H groups in total. The zero-order valence-electron chi connectivity index (χ0n) is 16.7. The van der Waals surface area contributed by atoms with E-state index >= 15 is 0 Å². The quantitative estimate of drug-likeness (QED) is 0.598. The van der Waals surface area contributed by atoms with E-state index in [1.54, 1.807) is 0 Å². The topological polar surface area (TPSA) is 41.9 Å². The van der Waals surface area contributed by atoms with Gasteiger partial charge in [0.15, 0.2) is 0 Å². The van der Waals surface area contributed by atoms with Crippen molar-refractivity contribution < 1.29 is 0 Å². The molecule has 2 aliphatic carbocycles. The second kappa shape index (κ2) is 7.41. The Morgan fingerprint density at radius 2 is 1.77 bits per heavy atom. The molecule has 0 unspecified atom stereocenters. The van der Waals surface area contributed by atoms with Gasteiger partial charge in [-0.3, -0.25) is 5.32 Å². The van der Waals surface area contributed by atoms with Crippen molar-refractivity contribution in [2.24, 2.45) is 5.92 Å². The van der Waals surface area contributed by atoms with Crippen molar-refractivity contribution in [3.63, 3.8) is 0 Å². The van der Waals surface area contributed by atoms with Crippen LogP contribution in [0.2, 0.25) is 5.02 Å². The van der Waals surface area contributed by atoms with Crippen LogP contribution < -0.4 is 10.6 Å². The van der Waals surface area contributed by atoms with E-state index in [-0.39, 0.29) is 12.2 Å². The van der Waals surface area contributed by atoms with Gasteiger partial charge in [-0.05, 0) is 35.9 Å². The molecular formula is C26H21ClN4. The van der Waals surface area contributed by atoms with E-state index in [2.05, 4.69) is 65.4 Å². The Morgan fingerprint density at radius 3 is 2.61 bits per heavy atom. The normalized spacial score (nSPS) is 23.6. The van der Waals surface area contributed by atoms with Crippen molar-refractivity contribution in [1.82, 2.24) is 20.4 Å². The SMILES string of the molecule is Clc1ccc(-c2nn(-c3ccccc3)cc2[C@@H]2NC3=CC=CC4=CC=C[C@H](N2)[C@@H]43)cc1. The van der Waals surface area contributed by atoms with Gasteiger partial charge in [0.2, 0.25) is 0 Å². The Morgan fingerprint density at radius 1 is 0.935 bits per heavy atom. The zero-order valence-corrected chi connectivity index (χ0v) is 17.5. The smallest absolute Gasteiger partial charge is 0.107 e. The van der Waals surface area contributed by atoms with E-state index in [1.165, 1.54) is 11.3 Å². The van der Waals surface area contributed by atoms with Crippen molar-refractivity contribution >= 4 is 11.6 Å². The molecule has 1 aliphatic heterocycles. The second-order valence-electron chi connectivity index (χ2n) is 8.00. The summed E-state index contributed by atoms with van der Waals surface area (Å²) in [5.74, 6) is 0.328. The second-order valence-corrected chi connectivity index (χ2v) is 8.44. The number of benzene rings is 2. The molecule has 1 fully saturated rings. The summed E-state index contributed by atoms with van der Waals surface area (Å²) in [6, 6.07) is 18.3. The first-order valence-corrected chi connectivity index (χ1v) is 10.8. The van der Waals surface area contributed by atoms with Gasteiger partial charge in [-0.15, -0.1) is 0 Å². The maximum Gasteiger partial charge on any atom is 0.107 e. The van der Waals surface area contributed by atoms with Crippen LogP contribution in [0.4, 0.5) is 0 Å². The van der Waals surface area contributed by atoms with Crippen molar-refractivity contribution in [2.75, 3.05) is 0 Å². The largest absolute Gasteiger partial charge is 0.369 e. The lowest BCUT2D eigenvalue weighted by Gasteiger charge is -2.42. The molecule has 31 heavy (non-hydrogen) atoms. The third-order valence-corrected chi connectivity index (χ3v) is 6.34. The number of rotatable bonds is 3. The molecule has 1 aromatic heterocycles. The predicted octanol–water partition coefficient (Wildman–Crippen LogP) is 5.32. The average molecular weight is 425 g/mol. The fraction of sp³-hybridized carbons (Fsp3) is 0.115. The Hall–Kier alpha value is -3.34. The third kappa shape index (κ3) is 3.25. The molecule has 0 saturated carbocycles. The molecule has 4 nitrogen and oxygen atoms in total. The van der Waals surface area contributed by atoms with E-state index < -0.39 is 0 Å². The number of nitrogens with zero attached hydrogens (tertiary/aromatic N) is 2. The molecule has 2 heterocycles. The third-order valence-electron chi connectivity index (χ3n) is 6.09. The molecule has 0 radical (unpaired) electrons.